The predicted molar refractivity (Wildman–Crippen MR) is 141 cm³/mol. The summed E-state index contributed by atoms with van der Waals surface area (Å²) in [6, 6.07) is 2.41. The van der Waals surface area contributed by atoms with E-state index in [1.54, 1.807) is 12.1 Å². The molecule has 1 saturated heterocycles. The number of nitrogens with one attached hydrogen (secondary N) is 1. The summed E-state index contributed by atoms with van der Waals surface area (Å²) in [7, 11) is 5.43. The first-order valence-electron chi connectivity index (χ1n) is 13.0. The SMILES string of the molecule is CC(C)CC1=NN(C)C2C(=O)NC(N3C[C@@H]4C(N(C)c5nc(-c6ccncc6F)cc(=O)n5C)[C@@H]4C3)=NC12. The summed E-state index contributed by atoms with van der Waals surface area (Å²) in [6.07, 6.45) is 3.41. The number of likely N-dealkylation sites (N-methyl/N-ethyl adjacent to an activating group) is 1. The van der Waals surface area contributed by atoms with Crippen molar-refractivity contribution in [2.24, 2.45) is 34.9 Å². The van der Waals surface area contributed by atoms with Gasteiger partial charge in [0.2, 0.25) is 11.9 Å². The van der Waals surface area contributed by atoms with Crippen LogP contribution in [0, 0.1) is 23.6 Å². The minimum atomic E-state index is -0.520. The second kappa shape index (κ2) is 8.88. The van der Waals surface area contributed by atoms with Crippen LogP contribution in [0.4, 0.5) is 10.3 Å². The second-order valence-electron chi connectivity index (χ2n) is 11.1. The van der Waals surface area contributed by atoms with Crippen LogP contribution in [0.5, 0.6) is 0 Å². The van der Waals surface area contributed by atoms with Gasteiger partial charge in [-0.3, -0.25) is 29.5 Å². The van der Waals surface area contributed by atoms with Crippen LogP contribution in [-0.4, -0.2) is 87.3 Å². The average molecular weight is 522 g/mol. The number of pyridine rings is 1. The topological polar surface area (TPSA) is 111 Å². The third-order valence-electron chi connectivity index (χ3n) is 8.08. The maximum atomic E-state index is 14.4. The Morgan fingerprint density at radius 1 is 1.21 bits per heavy atom. The van der Waals surface area contributed by atoms with E-state index in [0.717, 1.165) is 31.4 Å². The Bertz CT molecular complexity index is 1410. The molecule has 1 saturated carbocycles. The number of carbonyl (C=O) groups is 1. The molecule has 0 aromatic carbocycles. The lowest BCUT2D eigenvalue weighted by Gasteiger charge is -2.33. The number of halogens is 1. The summed E-state index contributed by atoms with van der Waals surface area (Å²) in [5.41, 5.74) is 1.24. The van der Waals surface area contributed by atoms with Gasteiger partial charge in [0.05, 0.1) is 17.6 Å². The summed E-state index contributed by atoms with van der Waals surface area (Å²) >= 11 is 0. The fourth-order valence-corrected chi connectivity index (χ4v) is 6.20. The minimum Gasteiger partial charge on any atom is -0.342 e. The zero-order valence-corrected chi connectivity index (χ0v) is 22.2. The molecule has 38 heavy (non-hydrogen) atoms. The van der Waals surface area contributed by atoms with Crippen molar-refractivity contribution >= 4 is 23.5 Å². The molecular weight excluding hydrogens is 489 g/mol. The zero-order valence-electron chi connectivity index (χ0n) is 22.2. The van der Waals surface area contributed by atoms with Crippen LogP contribution < -0.4 is 15.8 Å². The second-order valence-corrected chi connectivity index (χ2v) is 11.1. The normalized spacial score (nSPS) is 27.7. The molecule has 2 aromatic rings. The van der Waals surface area contributed by atoms with Crippen LogP contribution in [0.3, 0.4) is 0 Å². The number of guanidine groups is 1. The largest absolute Gasteiger partial charge is 0.342 e. The molecule has 3 aliphatic heterocycles. The molecule has 5 heterocycles. The first kappa shape index (κ1) is 24.5. The number of carbonyl (C=O) groups excluding carboxylic acids is 1. The lowest BCUT2D eigenvalue weighted by molar-refractivity contribution is -0.124. The van der Waals surface area contributed by atoms with Gasteiger partial charge in [-0.2, -0.15) is 5.10 Å². The summed E-state index contributed by atoms with van der Waals surface area (Å²) < 4.78 is 15.8. The van der Waals surface area contributed by atoms with E-state index in [1.807, 2.05) is 19.0 Å². The van der Waals surface area contributed by atoms with Crippen molar-refractivity contribution in [2.75, 3.05) is 32.1 Å². The first-order valence-corrected chi connectivity index (χ1v) is 13.0. The molecular formula is C26H32FN9O2. The van der Waals surface area contributed by atoms with Crippen molar-refractivity contribution in [1.82, 2.24) is 29.8 Å². The number of piperidine rings is 1. The number of aliphatic imine (C=N–C) groups is 1. The van der Waals surface area contributed by atoms with Crippen LogP contribution in [0.1, 0.15) is 20.3 Å². The van der Waals surface area contributed by atoms with E-state index in [1.165, 1.54) is 22.9 Å². The number of nitrogens with zero attached hydrogens (tertiary/aromatic N) is 8. The smallest absolute Gasteiger partial charge is 0.255 e. The van der Waals surface area contributed by atoms with Crippen molar-refractivity contribution in [1.29, 1.82) is 0 Å². The summed E-state index contributed by atoms with van der Waals surface area (Å²) in [4.78, 5) is 43.2. The van der Waals surface area contributed by atoms with E-state index >= 15 is 0 Å². The number of fused-ring (bicyclic) bond motifs is 2. The molecule has 1 N–H and O–H groups in total. The Kier molecular flexibility index (Phi) is 5.73. The van der Waals surface area contributed by atoms with E-state index in [9.17, 15) is 14.0 Å². The van der Waals surface area contributed by atoms with Gasteiger partial charge in [0.25, 0.3) is 11.5 Å². The van der Waals surface area contributed by atoms with Gasteiger partial charge in [0, 0.05) is 69.9 Å². The van der Waals surface area contributed by atoms with Crippen LogP contribution in [0.15, 0.2) is 39.4 Å². The third kappa shape index (κ3) is 3.93. The van der Waals surface area contributed by atoms with Crippen LogP contribution in [-0.2, 0) is 11.8 Å². The van der Waals surface area contributed by atoms with Crippen molar-refractivity contribution < 1.29 is 9.18 Å². The summed E-state index contributed by atoms with van der Waals surface area (Å²) in [5.74, 6) is 1.63. The maximum Gasteiger partial charge on any atom is 0.255 e. The number of rotatable bonds is 5. The van der Waals surface area contributed by atoms with Crippen LogP contribution in [0.2, 0.25) is 0 Å². The standard InChI is InChI=1S/C26H32FN9O2/c1-13(2)8-19-21-23(35(5)32-19)24(38)31-25(30-21)36-11-15-16(12-36)22(15)34(4)26-29-18(9-20(37)33(26)3)14-6-7-28-10-17(14)27/h6-7,9-10,13,15-16,21-23H,8,11-12H2,1-5H3,(H,30,31,38)/t15-,16+,21?,22?,23?. The minimum absolute atomic E-state index is 0.0707. The number of hydrazone groups is 1. The average Bonchev–Trinajstić information content (AvgIpc) is 3.19. The molecule has 3 unspecified atom stereocenters. The molecule has 2 aromatic heterocycles. The van der Waals surface area contributed by atoms with Gasteiger partial charge < -0.3 is 9.80 Å². The summed E-state index contributed by atoms with van der Waals surface area (Å²) in [5, 5.41) is 9.36. The molecule has 0 spiro atoms. The highest BCUT2D eigenvalue weighted by molar-refractivity contribution is 6.08. The van der Waals surface area contributed by atoms with E-state index in [2.05, 4.69) is 39.1 Å². The highest BCUT2D eigenvalue weighted by Gasteiger charge is 2.59. The van der Waals surface area contributed by atoms with E-state index < -0.39 is 11.9 Å². The van der Waals surface area contributed by atoms with Crippen LogP contribution in [0.25, 0.3) is 11.3 Å². The number of hydrogen-bond acceptors (Lipinski definition) is 9. The van der Waals surface area contributed by atoms with Gasteiger partial charge >= 0.3 is 0 Å². The monoisotopic (exact) mass is 521 g/mol. The van der Waals surface area contributed by atoms with Gasteiger partial charge in [-0.05, 0) is 18.4 Å². The molecule has 6 rings (SSSR count). The molecule has 200 valence electrons. The van der Waals surface area contributed by atoms with Crippen molar-refractivity contribution in [2.45, 2.75) is 38.4 Å². The lowest BCUT2D eigenvalue weighted by Crippen LogP contribution is -2.58. The Hall–Kier alpha value is -3.83. The number of likely N-dealkylation sites (tertiary alicyclic amines) is 1. The highest BCUT2D eigenvalue weighted by Crippen LogP contribution is 2.49. The Morgan fingerprint density at radius 3 is 2.63 bits per heavy atom. The Labute approximate surface area is 220 Å². The van der Waals surface area contributed by atoms with Gasteiger partial charge in [-0.25, -0.2) is 14.4 Å². The highest BCUT2D eigenvalue weighted by atomic mass is 19.1. The van der Waals surface area contributed by atoms with Gasteiger partial charge in [-0.1, -0.05) is 13.8 Å². The number of aromatic nitrogens is 3. The number of hydrogen-bond donors (Lipinski definition) is 1. The van der Waals surface area contributed by atoms with E-state index in [4.69, 9.17) is 4.99 Å². The van der Waals surface area contributed by atoms with E-state index in [-0.39, 0.29) is 34.8 Å². The fourth-order valence-electron chi connectivity index (χ4n) is 6.20. The quantitative estimate of drug-likeness (QED) is 0.623. The zero-order chi connectivity index (χ0) is 26.9. The first-order chi connectivity index (χ1) is 18.1. The molecule has 4 aliphatic rings. The van der Waals surface area contributed by atoms with Crippen molar-refractivity contribution in [3.8, 4) is 11.3 Å². The Morgan fingerprint density at radius 2 is 1.95 bits per heavy atom. The van der Waals surface area contributed by atoms with Gasteiger partial charge in [-0.15, -0.1) is 0 Å². The van der Waals surface area contributed by atoms with Gasteiger partial charge in [0.15, 0.2) is 11.9 Å². The summed E-state index contributed by atoms with van der Waals surface area (Å²) in [6.45, 7) is 5.77. The molecule has 0 radical (unpaired) electrons. The molecule has 11 nitrogen and oxygen atoms in total. The maximum absolute atomic E-state index is 14.4. The molecule has 1 amide bonds. The molecule has 1 aliphatic carbocycles. The molecule has 0 bridgehead atoms. The van der Waals surface area contributed by atoms with E-state index in [0.29, 0.717) is 29.7 Å². The van der Waals surface area contributed by atoms with Crippen molar-refractivity contribution in [3.05, 3.63) is 40.7 Å². The predicted octanol–water partition coefficient (Wildman–Crippen LogP) is 0.918. The van der Waals surface area contributed by atoms with Gasteiger partial charge in [0.1, 0.15) is 6.04 Å². The fraction of sp³-hybridized carbons (Fsp3) is 0.538. The molecule has 2 fully saturated rings. The van der Waals surface area contributed by atoms with Crippen LogP contribution >= 0.6 is 0 Å². The number of amides is 1. The molecule has 5 atom stereocenters. The third-order valence-corrected chi connectivity index (χ3v) is 8.08. The Balaban J connectivity index is 1.19. The lowest BCUT2D eigenvalue weighted by atomic mass is 9.96. The van der Waals surface area contributed by atoms with Crippen molar-refractivity contribution in [3.63, 3.8) is 0 Å². The number of anilines is 1. The molecule has 12 heteroatoms.